The Bertz CT molecular complexity index is 606. The number of hydrogen-bond acceptors (Lipinski definition) is 3. The SMILES string of the molecule is CCC=NNC(=O)c1cc2ccccc2cc1O. The third kappa shape index (κ3) is 2.48. The number of carbonyl (C=O) groups excluding carboxylic acids is 1. The minimum Gasteiger partial charge on any atom is -0.507 e. The van der Waals surface area contributed by atoms with Gasteiger partial charge in [0.05, 0.1) is 5.56 Å². The molecule has 4 heteroatoms. The van der Waals surface area contributed by atoms with Gasteiger partial charge in [0, 0.05) is 6.21 Å². The van der Waals surface area contributed by atoms with Crippen LogP contribution in [0.25, 0.3) is 10.8 Å². The van der Waals surface area contributed by atoms with Gasteiger partial charge in [-0.15, -0.1) is 0 Å². The topological polar surface area (TPSA) is 61.7 Å². The van der Waals surface area contributed by atoms with Crippen molar-refractivity contribution in [2.24, 2.45) is 5.10 Å². The number of benzene rings is 2. The Hall–Kier alpha value is -2.36. The highest BCUT2D eigenvalue weighted by Crippen LogP contribution is 2.24. The average molecular weight is 242 g/mol. The molecule has 2 aromatic carbocycles. The van der Waals surface area contributed by atoms with Crippen LogP contribution in [0.1, 0.15) is 23.7 Å². The van der Waals surface area contributed by atoms with Gasteiger partial charge in [0.15, 0.2) is 0 Å². The minimum absolute atomic E-state index is 0.0436. The molecule has 0 aliphatic heterocycles. The summed E-state index contributed by atoms with van der Waals surface area (Å²) in [5.41, 5.74) is 2.60. The summed E-state index contributed by atoms with van der Waals surface area (Å²) in [5.74, 6) is -0.458. The third-order valence-electron chi connectivity index (χ3n) is 2.55. The van der Waals surface area contributed by atoms with Gasteiger partial charge in [0.2, 0.25) is 0 Å². The minimum atomic E-state index is -0.414. The monoisotopic (exact) mass is 242 g/mol. The molecule has 0 spiro atoms. The highest BCUT2D eigenvalue weighted by Gasteiger charge is 2.11. The van der Waals surface area contributed by atoms with Crippen LogP contribution in [0.2, 0.25) is 0 Å². The number of hydrazone groups is 1. The van der Waals surface area contributed by atoms with Gasteiger partial charge in [-0.1, -0.05) is 31.2 Å². The predicted octanol–water partition coefficient (Wildman–Crippen LogP) is 2.67. The van der Waals surface area contributed by atoms with Gasteiger partial charge in [-0.05, 0) is 29.3 Å². The maximum Gasteiger partial charge on any atom is 0.275 e. The van der Waals surface area contributed by atoms with Crippen molar-refractivity contribution in [1.82, 2.24) is 5.43 Å². The molecule has 0 aliphatic rings. The summed E-state index contributed by atoms with van der Waals surface area (Å²) in [6, 6.07) is 10.8. The van der Waals surface area contributed by atoms with Crippen LogP contribution < -0.4 is 5.43 Å². The number of phenolic OH excluding ortho intramolecular Hbond substituents is 1. The van der Waals surface area contributed by atoms with Gasteiger partial charge in [0.25, 0.3) is 5.91 Å². The van der Waals surface area contributed by atoms with E-state index in [9.17, 15) is 9.90 Å². The van der Waals surface area contributed by atoms with E-state index in [1.807, 2.05) is 31.2 Å². The van der Waals surface area contributed by atoms with E-state index in [-0.39, 0.29) is 11.3 Å². The Balaban J connectivity index is 2.35. The number of carbonyl (C=O) groups is 1. The molecule has 1 amide bonds. The number of rotatable bonds is 3. The molecular weight excluding hydrogens is 228 g/mol. The Kier molecular flexibility index (Phi) is 3.57. The molecule has 0 heterocycles. The number of hydrogen-bond donors (Lipinski definition) is 2. The fourth-order valence-electron chi connectivity index (χ4n) is 1.67. The Morgan fingerprint density at radius 1 is 1.33 bits per heavy atom. The van der Waals surface area contributed by atoms with Crippen molar-refractivity contribution in [1.29, 1.82) is 0 Å². The van der Waals surface area contributed by atoms with E-state index >= 15 is 0 Å². The molecular formula is C14H14N2O2. The van der Waals surface area contributed by atoms with Gasteiger partial charge < -0.3 is 5.11 Å². The number of aromatic hydroxyl groups is 1. The molecule has 4 nitrogen and oxygen atoms in total. The second-order valence-corrected chi connectivity index (χ2v) is 3.88. The van der Waals surface area contributed by atoms with Crippen LogP contribution in [0.15, 0.2) is 41.5 Å². The van der Waals surface area contributed by atoms with Gasteiger partial charge in [-0.3, -0.25) is 4.79 Å². The van der Waals surface area contributed by atoms with E-state index in [0.717, 1.165) is 17.2 Å². The molecule has 2 rings (SSSR count). The Labute approximate surface area is 105 Å². The lowest BCUT2D eigenvalue weighted by Crippen LogP contribution is -2.17. The van der Waals surface area contributed by atoms with Crippen molar-refractivity contribution in [3.63, 3.8) is 0 Å². The number of fused-ring (bicyclic) bond motifs is 1. The first kappa shape index (κ1) is 12.1. The van der Waals surface area contributed by atoms with Crippen molar-refractivity contribution in [3.05, 3.63) is 42.0 Å². The van der Waals surface area contributed by atoms with Crippen LogP contribution in [0.4, 0.5) is 0 Å². The van der Waals surface area contributed by atoms with Gasteiger partial charge in [-0.2, -0.15) is 5.10 Å². The molecule has 0 saturated carbocycles. The fraction of sp³-hybridized carbons (Fsp3) is 0.143. The van der Waals surface area contributed by atoms with Crippen LogP contribution in [0.3, 0.4) is 0 Å². The summed E-state index contributed by atoms with van der Waals surface area (Å²) in [7, 11) is 0. The summed E-state index contributed by atoms with van der Waals surface area (Å²) in [6.45, 7) is 1.92. The average Bonchev–Trinajstić information content (AvgIpc) is 2.38. The lowest BCUT2D eigenvalue weighted by atomic mass is 10.1. The van der Waals surface area contributed by atoms with Crippen molar-refractivity contribution >= 4 is 22.9 Å². The van der Waals surface area contributed by atoms with E-state index < -0.39 is 5.91 Å². The van der Waals surface area contributed by atoms with E-state index in [4.69, 9.17) is 0 Å². The maximum absolute atomic E-state index is 11.8. The molecule has 0 aromatic heterocycles. The normalized spacial score (nSPS) is 10.9. The standard InChI is InChI=1S/C14H14N2O2/c1-2-7-15-16-14(18)12-8-10-5-3-4-6-11(10)9-13(12)17/h3-9,17H,2H2,1H3,(H,16,18). The predicted molar refractivity (Wildman–Crippen MR) is 71.9 cm³/mol. The zero-order valence-corrected chi connectivity index (χ0v) is 10.1. The summed E-state index contributed by atoms with van der Waals surface area (Å²) < 4.78 is 0. The highest BCUT2D eigenvalue weighted by molar-refractivity contribution is 6.01. The molecule has 0 aliphatic carbocycles. The molecule has 0 fully saturated rings. The van der Waals surface area contributed by atoms with E-state index in [1.54, 1.807) is 18.3 Å². The summed E-state index contributed by atoms with van der Waals surface area (Å²) >= 11 is 0. The third-order valence-corrected chi connectivity index (χ3v) is 2.55. The zero-order chi connectivity index (χ0) is 13.0. The molecule has 18 heavy (non-hydrogen) atoms. The van der Waals surface area contributed by atoms with E-state index in [1.165, 1.54) is 0 Å². The lowest BCUT2D eigenvalue weighted by Gasteiger charge is -2.05. The first-order valence-electron chi connectivity index (χ1n) is 5.76. The number of nitrogens with one attached hydrogen (secondary N) is 1. The molecule has 92 valence electrons. The Morgan fingerprint density at radius 2 is 2.00 bits per heavy atom. The maximum atomic E-state index is 11.8. The van der Waals surface area contributed by atoms with Crippen LogP contribution >= 0.6 is 0 Å². The van der Waals surface area contributed by atoms with Crippen LogP contribution in [0, 0.1) is 0 Å². The van der Waals surface area contributed by atoms with Crippen molar-refractivity contribution in [2.45, 2.75) is 13.3 Å². The molecule has 0 radical (unpaired) electrons. The van der Waals surface area contributed by atoms with Gasteiger partial charge in [-0.25, -0.2) is 5.43 Å². The van der Waals surface area contributed by atoms with Crippen LogP contribution in [-0.4, -0.2) is 17.2 Å². The first-order chi connectivity index (χ1) is 8.72. The quantitative estimate of drug-likeness (QED) is 0.642. The second-order valence-electron chi connectivity index (χ2n) is 3.88. The molecule has 0 unspecified atom stereocenters. The summed E-state index contributed by atoms with van der Waals surface area (Å²) in [4.78, 5) is 11.8. The van der Waals surface area contributed by atoms with Gasteiger partial charge in [0.1, 0.15) is 5.75 Å². The zero-order valence-electron chi connectivity index (χ0n) is 10.1. The summed E-state index contributed by atoms with van der Waals surface area (Å²) in [5, 5.41) is 15.4. The number of nitrogens with zero attached hydrogens (tertiary/aromatic N) is 1. The fourth-order valence-corrected chi connectivity index (χ4v) is 1.67. The Morgan fingerprint density at radius 3 is 2.67 bits per heavy atom. The van der Waals surface area contributed by atoms with Crippen LogP contribution in [0.5, 0.6) is 5.75 Å². The first-order valence-corrected chi connectivity index (χ1v) is 5.76. The van der Waals surface area contributed by atoms with Crippen molar-refractivity contribution in [2.75, 3.05) is 0 Å². The van der Waals surface area contributed by atoms with E-state index in [0.29, 0.717) is 0 Å². The smallest absolute Gasteiger partial charge is 0.275 e. The number of phenols is 1. The van der Waals surface area contributed by atoms with Gasteiger partial charge >= 0.3 is 0 Å². The second kappa shape index (κ2) is 5.31. The summed E-state index contributed by atoms with van der Waals surface area (Å²) in [6.07, 6.45) is 2.33. The van der Waals surface area contributed by atoms with Crippen molar-refractivity contribution in [3.8, 4) is 5.75 Å². The van der Waals surface area contributed by atoms with Crippen LogP contribution in [-0.2, 0) is 0 Å². The molecule has 2 N–H and O–H groups in total. The molecule has 0 saturated heterocycles. The van der Waals surface area contributed by atoms with E-state index in [2.05, 4.69) is 10.5 Å². The van der Waals surface area contributed by atoms with Crippen molar-refractivity contribution < 1.29 is 9.90 Å². The molecule has 2 aromatic rings. The highest BCUT2D eigenvalue weighted by atomic mass is 16.3. The molecule has 0 bridgehead atoms. The molecule has 0 atom stereocenters. The largest absolute Gasteiger partial charge is 0.507 e. The lowest BCUT2D eigenvalue weighted by molar-refractivity contribution is 0.0952. The number of amides is 1.